The van der Waals surface area contributed by atoms with Crippen LogP contribution in [0.3, 0.4) is 0 Å². The van der Waals surface area contributed by atoms with Crippen LogP contribution in [0, 0.1) is 0 Å². The first kappa shape index (κ1) is 14.2. The molecule has 0 bridgehead atoms. The molecule has 0 unspecified atom stereocenters. The van der Waals surface area contributed by atoms with Crippen molar-refractivity contribution >= 4 is 27.5 Å². The maximum absolute atomic E-state index is 11.6. The lowest BCUT2D eigenvalue weighted by Crippen LogP contribution is -2.11. The number of hydrogen-bond donors (Lipinski definition) is 1. The van der Waals surface area contributed by atoms with Crippen LogP contribution in [0.5, 0.6) is 0 Å². The average Bonchev–Trinajstić information content (AvgIpc) is 2.34. The third-order valence-corrected chi connectivity index (χ3v) is 3.13. The highest BCUT2D eigenvalue weighted by atomic mass is 79.9. The number of halogens is 1. The number of rotatable bonds is 7. The van der Waals surface area contributed by atoms with Crippen LogP contribution in [0.2, 0.25) is 0 Å². The summed E-state index contributed by atoms with van der Waals surface area (Å²) in [4.78, 5) is 11.6. The van der Waals surface area contributed by atoms with Gasteiger partial charge in [-0.2, -0.15) is 0 Å². The fraction of sp³-hybridized carbons (Fsp3) is 0.500. The molecule has 1 rings (SSSR count). The number of alkyl halides is 1. The van der Waals surface area contributed by atoms with Gasteiger partial charge in [0.25, 0.3) is 0 Å². The Balaban J connectivity index is 2.50. The summed E-state index contributed by atoms with van der Waals surface area (Å²) in [5.74, 6) is 0.115. The number of hydrogen-bond acceptors (Lipinski definition) is 1. The Bertz CT molecular complexity index is 352. The van der Waals surface area contributed by atoms with E-state index in [0.29, 0.717) is 6.42 Å². The fourth-order valence-electron chi connectivity index (χ4n) is 1.64. The van der Waals surface area contributed by atoms with Gasteiger partial charge in [-0.05, 0) is 37.0 Å². The minimum absolute atomic E-state index is 0.115. The van der Waals surface area contributed by atoms with Crippen molar-refractivity contribution in [1.82, 2.24) is 0 Å². The largest absolute Gasteiger partial charge is 0.326 e. The number of aryl methyl sites for hydroxylation is 1. The highest BCUT2D eigenvalue weighted by molar-refractivity contribution is 9.09. The van der Waals surface area contributed by atoms with Gasteiger partial charge in [0, 0.05) is 17.4 Å². The number of carbonyl (C=O) groups is 1. The summed E-state index contributed by atoms with van der Waals surface area (Å²) in [6, 6.07) is 8.11. The monoisotopic (exact) mass is 297 g/mol. The van der Waals surface area contributed by atoms with Gasteiger partial charge in [-0.1, -0.05) is 41.4 Å². The highest BCUT2D eigenvalue weighted by Gasteiger charge is 2.02. The Kier molecular flexibility index (Phi) is 6.94. The van der Waals surface area contributed by atoms with E-state index in [4.69, 9.17) is 0 Å². The van der Waals surface area contributed by atoms with Crippen LogP contribution in [0.25, 0.3) is 0 Å². The first-order chi connectivity index (χ1) is 8.26. The Hall–Kier alpha value is -0.830. The smallest absolute Gasteiger partial charge is 0.224 e. The molecule has 0 aromatic heterocycles. The molecule has 0 aliphatic rings. The first-order valence-electron chi connectivity index (χ1n) is 6.21. The SMILES string of the molecule is CCCCC(=O)Nc1cccc(CCCBr)c1. The standard InChI is InChI=1S/C14H20BrNO/c1-2-3-9-14(17)16-13-8-4-6-12(11-13)7-5-10-15/h4,6,8,11H,2-3,5,7,9-10H2,1H3,(H,16,17). The first-order valence-corrected chi connectivity index (χ1v) is 7.33. The van der Waals surface area contributed by atoms with Crippen molar-refractivity contribution in [2.45, 2.75) is 39.0 Å². The van der Waals surface area contributed by atoms with Crippen molar-refractivity contribution in [2.75, 3.05) is 10.6 Å². The topological polar surface area (TPSA) is 29.1 Å². The zero-order valence-electron chi connectivity index (χ0n) is 10.3. The highest BCUT2D eigenvalue weighted by Crippen LogP contribution is 2.13. The van der Waals surface area contributed by atoms with Gasteiger partial charge in [-0.3, -0.25) is 4.79 Å². The molecule has 0 spiro atoms. The van der Waals surface area contributed by atoms with E-state index in [1.165, 1.54) is 5.56 Å². The molecule has 0 radical (unpaired) electrons. The molecule has 0 aliphatic heterocycles. The van der Waals surface area contributed by atoms with Crippen LogP contribution >= 0.6 is 15.9 Å². The molecule has 1 N–H and O–H groups in total. The number of nitrogens with one attached hydrogen (secondary N) is 1. The van der Waals surface area contributed by atoms with Gasteiger partial charge < -0.3 is 5.32 Å². The van der Waals surface area contributed by atoms with Gasteiger partial charge in [0.2, 0.25) is 5.91 Å². The van der Waals surface area contributed by atoms with E-state index in [1.54, 1.807) is 0 Å². The maximum atomic E-state index is 11.6. The lowest BCUT2D eigenvalue weighted by molar-refractivity contribution is -0.116. The molecule has 2 nitrogen and oxygen atoms in total. The van der Waals surface area contributed by atoms with Crippen molar-refractivity contribution in [3.05, 3.63) is 29.8 Å². The number of amides is 1. The molecule has 0 atom stereocenters. The molecular formula is C14H20BrNO. The second-order valence-electron chi connectivity index (χ2n) is 4.14. The minimum Gasteiger partial charge on any atom is -0.326 e. The third-order valence-electron chi connectivity index (χ3n) is 2.57. The van der Waals surface area contributed by atoms with Crippen LogP contribution in [-0.4, -0.2) is 11.2 Å². The number of anilines is 1. The van der Waals surface area contributed by atoms with Gasteiger partial charge in [-0.15, -0.1) is 0 Å². The van der Waals surface area contributed by atoms with Crippen molar-refractivity contribution in [3.8, 4) is 0 Å². The average molecular weight is 298 g/mol. The Morgan fingerprint density at radius 3 is 2.88 bits per heavy atom. The van der Waals surface area contributed by atoms with Gasteiger partial charge in [0.05, 0.1) is 0 Å². The van der Waals surface area contributed by atoms with Gasteiger partial charge in [0.1, 0.15) is 0 Å². The van der Waals surface area contributed by atoms with E-state index in [0.717, 1.165) is 36.7 Å². The molecule has 17 heavy (non-hydrogen) atoms. The van der Waals surface area contributed by atoms with Gasteiger partial charge in [-0.25, -0.2) is 0 Å². The number of carbonyl (C=O) groups excluding carboxylic acids is 1. The molecule has 0 saturated carbocycles. The zero-order chi connectivity index (χ0) is 12.5. The summed E-state index contributed by atoms with van der Waals surface area (Å²) < 4.78 is 0. The lowest BCUT2D eigenvalue weighted by atomic mass is 10.1. The molecule has 0 fully saturated rings. The summed E-state index contributed by atoms with van der Waals surface area (Å²) >= 11 is 3.42. The molecule has 0 aliphatic carbocycles. The van der Waals surface area contributed by atoms with Crippen LogP contribution in [0.15, 0.2) is 24.3 Å². The van der Waals surface area contributed by atoms with E-state index in [-0.39, 0.29) is 5.91 Å². The molecule has 0 saturated heterocycles. The second-order valence-corrected chi connectivity index (χ2v) is 4.94. The van der Waals surface area contributed by atoms with E-state index in [9.17, 15) is 4.79 Å². The Morgan fingerprint density at radius 1 is 1.35 bits per heavy atom. The van der Waals surface area contributed by atoms with Crippen LogP contribution in [0.4, 0.5) is 5.69 Å². The van der Waals surface area contributed by atoms with Crippen molar-refractivity contribution in [2.24, 2.45) is 0 Å². The molecule has 1 aromatic carbocycles. The second kappa shape index (κ2) is 8.29. The molecule has 3 heteroatoms. The van der Waals surface area contributed by atoms with E-state index in [1.807, 2.05) is 12.1 Å². The summed E-state index contributed by atoms with van der Waals surface area (Å²) in [5, 5.41) is 3.96. The lowest BCUT2D eigenvalue weighted by Gasteiger charge is -2.06. The third kappa shape index (κ3) is 5.87. The zero-order valence-corrected chi connectivity index (χ0v) is 11.9. The fourth-order valence-corrected chi connectivity index (χ4v) is 1.92. The summed E-state index contributed by atoms with van der Waals surface area (Å²) in [7, 11) is 0. The quantitative estimate of drug-likeness (QED) is 0.753. The van der Waals surface area contributed by atoms with Crippen molar-refractivity contribution in [3.63, 3.8) is 0 Å². The normalized spacial score (nSPS) is 10.2. The van der Waals surface area contributed by atoms with Crippen LogP contribution in [0.1, 0.15) is 38.2 Å². The van der Waals surface area contributed by atoms with E-state index in [2.05, 4.69) is 40.3 Å². The minimum atomic E-state index is 0.115. The van der Waals surface area contributed by atoms with E-state index < -0.39 is 0 Å². The Labute approximate surface area is 112 Å². The van der Waals surface area contributed by atoms with Crippen LogP contribution in [-0.2, 0) is 11.2 Å². The summed E-state index contributed by atoms with van der Waals surface area (Å²) in [6.45, 7) is 2.09. The number of unbranched alkanes of at least 4 members (excludes halogenated alkanes) is 1. The Morgan fingerprint density at radius 2 is 2.18 bits per heavy atom. The van der Waals surface area contributed by atoms with Crippen LogP contribution < -0.4 is 5.32 Å². The predicted molar refractivity (Wildman–Crippen MR) is 76.7 cm³/mol. The molecular weight excluding hydrogens is 278 g/mol. The number of benzene rings is 1. The molecule has 1 aromatic rings. The van der Waals surface area contributed by atoms with Gasteiger partial charge >= 0.3 is 0 Å². The van der Waals surface area contributed by atoms with Crippen molar-refractivity contribution < 1.29 is 4.79 Å². The summed E-state index contributed by atoms with van der Waals surface area (Å²) in [5.41, 5.74) is 2.19. The maximum Gasteiger partial charge on any atom is 0.224 e. The molecule has 0 heterocycles. The molecule has 94 valence electrons. The van der Waals surface area contributed by atoms with Crippen molar-refractivity contribution in [1.29, 1.82) is 0 Å². The van der Waals surface area contributed by atoms with Gasteiger partial charge in [0.15, 0.2) is 0 Å². The summed E-state index contributed by atoms with van der Waals surface area (Å²) in [6.07, 6.45) is 4.78. The predicted octanol–water partition coefficient (Wildman–Crippen LogP) is 4.14. The molecule has 1 amide bonds. The van der Waals surface area contributed by atoms with E-state index >= 15 is 0 Å².